The molecule has 0 aromatic heterocycles. The van der Waals surface area contributed by atoms with Crippen LogP contribution in [0.2, 0.25) is 0 Å². The molecule has 0 amide bonds. The second-order valence-electron chi connectivity index (χ2n) is 13.0. The third-order valence-corrected chi connectivity index (χ3v) is 5.39. The summed E-state index contributed by atoms with van der Waals surface area (Å²) in [4.78, 5) is 0. The van der Waals surface area contributed by atoms with Crippen molar-refractivity contribution >= 4 is 0 Å². The molecule has 0 saturated heterocycles. The Bertz CT molecular complexity index is 978. The molecule has 0 aromatic rings. The minimum Gasteiger partial charge on any atom is -0.0659 e. The maximum Gasteiger partial charge on any atom is 0.00775 e. The molecule has 34 heavy (non-hydrogen) atoms. The van der Waals surface area contributed by atoms with Gasteiger partial charge in [-0.1, -0.05) is 167 Å². The zero-order valence-electron chi connectivity index (χ0n) is 23.8. The molecule has 1 aliphatic carbocycles. The topological polar surface area (TPSA) is 0 Å². The molecule has 182 valence electrons. The highest BCUT2D eigenvalue weighted by Gasteiger charge is 2.18. The standard InChI is InChI=1S/C34H46/c1-31(2,3)27-19-15-13-16-21-29(33(7,8)9)25-26-30(34(10,11)12)22-18-14-17-20-28(24-23-27)32(4,5)6/h13-22H,1-12H3. The molecular weight excluding hydrogens is 408 g/mol. The van der Waals surface area contributed by atoms with Crippen molar-refractivity contribution in [1.82, 2.24) is 0 Å². The second-order valence-corrected chi connectivity index (χ2v) is 13.0. The van der Waals surface area contributed by atoms with Crippen LogP contribution in [0.15, 0.2) is 94.5 Å². The van der Waals surface area contributed by atoms with E-state index < -0.39 is 0 Å². The molecule has 0 heteroatoms. The molecule has 0 N–H and O–H groups in total. The van der Waals surface area contributed by atoms with Crippen LogP contribution in [0.3, 0.4) is 0 Å². The van der Waals surface area contributed by atoms with E-state index in [4.69, 9.17) is 0 Å². The third-order valence-electron chi connectivity index (χ3n) is 5.39. The predicted octanol–water partition coefficient (Wildman–Crippen LogP) is 9.87. The lowest BCUT2D eigenvalue weighted by Crippen LogP contribution is -2.10. The minimum absolute atomic E-state index is 0.0309. The fraction of sp³-hybridized carbons (Fsp3) is 0.471. The monoisotopic (exact) mass is 454 g/mol. The van der Waals surface area contributed by atoms with Gasteiger partial charge in [-0.05, 0) is 21.7 Å². The van der Waals surface area contributed by atoms with Crippen molar-refractivity contribution in [2.24, 2.45) is 21.7 Å². The summed E-state index contributed by atoms with van der Waals surface area (Å²) in [5.41, 5.74) is 11.3. The van der Waals surface area contributed by atoms with E-state index in [0.29, 0.717) is 0 Å². The number of allylic oxidation sites excluding steroid dienone is 14. The van der Waals surface area contributed by atoms with Crippen LogP contribution in [0, 0.1) is 33.5 Å². The molecule has 0 radical (unpaired) electrons. The largest absolute Gasteiger partial charge is 0.0659 e. The molecule has 1 aliphatic rings. The molecule has 0 aromatic carbocycles. The van der Waals surface area contributed by atoms with Crippen LogP contribution in [0.4, 0.5) is 0 Å². The predicted molar refractivity (Wildman–Crippen MR) is 152 cm³/mol. The summed E-state index contributed by atoms with van der Waals surface area (Å²) in [5.74, 6) is 6.93. The van der Waals surface area contributed by atoms with Gasteiger partial charge in [0.05, 0.1) is 0 Å². The van der Waals surface area contributed by atoms with E-state index in [2.05, 4.69) is 167 Å². The van der Waals surface area contributed by atoms with Gasteiger partial charge < -0.3 is 0 Å². The van der Waals surface area contributed by atoms with Crippen molar-refractivity contribution in [2.45, 2.75) is 83.1 Å². The summed E-state index contributed by atoms with van der Waals surface area (Å²) in [6.07, 6.45) is 21.0. The van der Waals surface area contributed by atoms with Crippen molar-refractivity contribution in [2.75, 3.05) is 0 Å². The Morgan fingerprint density at radius 3 is 1.00 bits per heavy atom. The van der Waals surface area contributed by atoms with Gasteiger partial charge in [-0.15, -0.1) is 0 Å². The minimum atomic E-state index is -0.0309. The van der Waals surface area contributed by atoms with E-state index in [1.54, 1.807) is 0 Å². The molecule has 0 atom stereocenters. The lowest BCUT2D eigenvalue weighted by molar-refractivity contribution is 0.514. The van der Waals surface area contributed by atoms with Crippen LogP contribution in [0.1, 0.15) is 83.1 Å². The summed E-state index contributed by atoms with van der Waals surface area (Å²) in [6, 6.07) is 0. The van der Waals surface area contributed by atoms with Gasteiger partial charge in [-0.25, -0.2) is 0 Å². The zero-order chi connectivity index (χ0) is 26.2. The average molecular weight is 455 g/mol. The van der Waals surface area contributed by atoms with E-state index in [9.17, 15) is 0 Å². The Kier molecular flexibility index (Phi) is 10.0. The summed E-state index contributed by atoms with van der Waals surface area (Å²) in [6.45, 7) is 26.5. The van der Waals surface area contributed by atoms with Gasteiger partial charge >= 0.3 is 0 Å². The van der Waals surface area contributed by atoms with Crippen molar-refractivity contribution in [3.63, 3.8) is 0 Å². The van der Waals surface area contributed by atoms with Crippen LogP contribution < -0.4 is 0 Å². The highest BCUT2D eigenvalue weighted by molar-refractivity contribution is 5.45. The van der Waals surface area contributed by atoms with E-state index >= 15 is 0 Å². The molecule has 0 fully saturated rings. The first-order chi connectivity index (χ1) is 15.4. The van der Waals surface area contributed by atoms with Gasteiger partial charge in [0.15, 0.2) is 0 Å². The Labute approximate surface area is 211 Å². The normalized spacial score (nSPS) is 16.6. The summed E-state index contributed by atoms with van der Waals surface area (Å²) >= 11 is 0. The number of hydrogen-bond donors (Lipinski definition) is 0. The molecule has 0 bridgehead atoms. The molecule has 1 rings (SSSR count). The van der Waals surface area contributed by atoms with Crippen LogP contribution in [-0.2, 0) is 0 Å². The van der Waals surface area contributed by atoms with E-state index in [-0.39, 0.29) is 21.7 Å². The first-order valence-corrected chi connectivity index (χ1v) is 12.3. The molecule has 0 saturated carbocycles. The van der Waals surface area contributed by atoms with Crippen molar-refractivity contribution in [1.29, 1.82) is 0 Å². The van der Waals surface area contributed by atoms with Gasteiger partial charge in [-0.3, -0.25) is 0 Å². The molecule has 0 spiro atoms. The lowest BCUT2D eigenvalue weighted by atomic mass is 9.83. The van der Waals surface area contributed by atoms with Crippen LogP contribution in [0.5, 0.6) is 0 Å². The molecule has 0 nitrogen and oxygen atoms in total. The highest BCUT2D eigenvalue weighted by Crippen LogP contribution is 2.29. The molecule has 0 unspecified atom stereocenters. The van der Waals surface area contributed by atoms with E-state index in [0.717, 1.165) is 22.3 Å². The fourth-order valence-corrected chi connectivity index (χ4v) is 2.92. The van der Waals surface area contributed by atoms with Crippen molar-refractivity contribution in [3.05, 3.63) is 94.5 Å². The van der Waals surface area contributed by atoms with Crippen LogP contribution in [0.25, 0.3) is 0 Å². The average Bonchev–Trinajstić information content (AvgIpc) is 2.63. The second kappa shape index (κ2) is 11.6. The fourth-order valence-electron chi connectivity index (χ4n) is 2.92. The number of hydrogen-bond acceptors (Lipinski definition) is 0. The SMILES string of the molecule is CC(C)(C)C1=C=C=C(C(C)(C)C)C=CC=CC=C(C(C)(C)C)C#CC(C(C)(C)C)=CC=CC=C1. The van der Waals surface area contributed by atoms with Gasteiger partial charge in [-0.2, -0.15) is 0 Å². The van der Waals surface area contributed by atoms with Crippen molar-refractivity contribution < 1.29 is 0 Å². The van der Waals surface area contributed by atoms with Gasteiger partial charge in [0.1, 0.15) is 0 Å². The Morgan fingerprint density at radius 2 is 0.735 bits per heavy atom. The van der Waals surface area contributed by atoms with Crippen LogP contribution >= 0.6 is 0 Å². The first kappa shape index (κ1) is 29.3. The Hall–Kier alpha value is -2.70. The summed E-state index contributed by atoms with van der Waals surface area (Å²) in [7, 11) is 0. The Balaban J connectivity index is 3.86. The molecule has 0 heterocycles. The lowest BCUT2D eigenvalue weighted by Gasteiger charge is -2.20. The zero-order valence-corrected chi connectivity index (χ0v) is 23.8. The maximum atomic E-state index is 3.46. The quantitative estimate of drug-likeness (QED) is 0.252. The highest BCUT2D eigenvalue weighted by atomic mass is 14.2. The van der Waals surface area contributed by atoms with E-state index in [1.807, 2.05) is 0 Å². The van der Waals surface area contributed by atoms with Crippen LogP contribution in [-0.4, -0.2) is 0 Å². The van der Waals surface area contributed by atoms with Crippen molar-refractivity contribution in [3.8, 4) is 11.8 Å². The van der Waals surface area contributed by atoms with Gasteiger partial charge in [0.2, 0.25) is 0 Å². The first-order valence-electron chi connectivity index (χ1n) is 12.3. The molecular formula is C34H46. The summed E-state index contributed by atoms with van der Waals surface area (Å²) in [5, 5.41) is 0. The van der Waals surface area contributed by atoms with Gasteiger partial charge in [0.25, 0.3) is 0 Å². The Morgan fingerprint density at radius 1 is 0.412 bits per heavy atom. The number of rotatable bonds is 0. The van der Waals surface area contributed by atoms with E-state index in [1.165, 1.54) is 0 Å². The smallest absolute Gasteiger partial charge is 0.00775 e. The summed E-state index contributed by atoms with van der Waals surface area (Å²) < 4.78 is 0. The molecule has 0 aliphatic heterocycles. The maximum absolute atomic E-state index is 3.46. The van der Waals surface area contributed by atoms with Gasteiger partial charge in [0, 0.05) is 22.3 Å². The third kappa shape index (κ3) is 10.5.